The molecule has 2 N–H and O–H groups in total. The lowest BCUT2D eigenvalue weighted by atomic mass is 10.2. The van der Waals surface area contributed by atoms with Gasteiger partial charge in [-0.15, -0.1) is 0 Å². The Labute approximate surface area is 91.2 Å². The molecule has 0 amide bonds. The van der Waals surface area contributed by atoms with Crippen LogP contribution in [0.4, 0.5) is 5.82 Å². The zero-order valence-corrected chi connectivity index (χ0v) is 8.57. The first-order chi connectivity index (χ1) is 7.70. The van der Waals surface area contributed by atoms with Crippen molar-refractivity contribution in [1.29, 1.82) is 0 Å². The van der Waals surface area contributed by atoms with Crippen molar-refractivity contribution >= 4 is 5.82 Å². The van der Waals surface area contributed by atoms with Gasteiger partial charge in [0.25, 0.3) is 0 Å². The average Bonchev–Trinajstić information content (AvgIpc) is 2.67. The summed E-state index contributed by atoms with van der Waals surface area (Å²) in [5.41, 5.74) is 4.94. The molecule has 7 nitrogen and oxygen atoms in total. The molecule has 7 heteroatoms. The molecule has 0 saturated carbocycles. The van der Waals surface area contributed by atoms with Crippen LogP contribution in [0.5, 0.6) is 0 Å². The standard InChI is InChI=1S/C9H12N4O3/c10-7-3-4-13(9(14)12-7)8-2-1-6(16-8)5-11-15/h3-4,6,8H,1-2,5H2,(H2,10,12,14). The van der Waals surface area contributed by atoms with Gasteiger partial charge in [-0.05, 0) is 18.9 Å². The number of hydrogen-bond donors (Lipinski definition) is 1. The van der Waals surface area contributed by atoms with Gasteiger partial charge in [0, 0.05) is 6.20 Å². The third-order valence-corrected chi connectivity index (χ3v) is 2.53. The minimum atomic E-state index is -0.440. The van der Waals surface area contributed by atoms with Crippen molar-refractivity contribution in [2.75, 3.05) is 12.3 Å². The molecule has 0 bridgehead atoms. The van der Waals surface area contributed by atoms with Gasteiger partial charge in [-0.2, -0.15) is 9.89 Å². The molecule has 0 spiro atoms. The third-order valence-electron chi connectivity index (χ3n) is 2.53. The fraction of sp³-hybridized carbons (Fsp3) is 0.556. The van der Waals surface area contributed by atoms with Crippen LogP contribution in [0.25, 0.3) is 0 Å². The minimum Gasteiger partial charge on any atom is -0.383 e. The van der Waals surface area contributed by atoms with Crippen molar-refractivity contribution in [2.24, 2.45) is 5.18 Å². The molecule has 1 aliphatic heterocycles. The molecule has 2 atom stereocenters. The highest BCUT2D eigenvalue weighted by Gasteiger charge is 2.27. The Kier molecular flexibility index (Phi) is 2.95. The second kappa shape index (κ2) is 4.40. The molecule has 1 aromatic rings. The lowest BCUT2D eigenvalue weighted by Crippen LogP contribution is -2.27. The topological polar surface area (TPSA) is 99.6 Å². The molecule has 2 rings (SSSR count). The number of aromatic nitrogens is 2. The normalized spacial score (nSPS) is 24.5. The zero-order valence-electron chi connectivity index (χ0n) is 8.57. The van der Waals surface area contributed by atoms with E-state index in [9.17, 15) is 9.70 Å². The number of anilines is 1. The highest BCUT2D eigenvalue weighted by Crippen LogP contribution is 2.26. The number of hydrogen-bond acceptors (Lipinski definition) is 6. The predicted molar refractivity (Wildman–Crippen MR) is 56.7 cm³/mol. The van der Waals surface area contributed by atoms with Crippen LogP contribution >= 0.6 is 0 Å². The molecular weight excluding hydrogens is 212 g/mol. The first-order valence-corrected chi connectivity index (χ1v) is 5.00. The third kappa shape index (κ3) is 2.08. The molecule has 86 valence electrons. The van der Waals surface area contributed by atoms with Crippen LogP contribution in [0.15, 0.2) is 22.2 Å². The quantitative estimate of drug-likeness (QED) is 0.743. The number of nitrogen functional groups attached to an aromatic ring is 1. The maximum Gasteiger partial charge on any atom is 0.351 e. The average molecular weight is 224 g/mol. The van der Waals surface area contributed by atoms with Gasteiger partial charge in [-0.25, -0.2) is 4.79 Å². The zero-order chi connectivity index (χ0) is 11.5. The second-order valence-corrected chi connectivity index (χ2v) is 3.64. The van der Waals surface area contributed by atoms with Gasteiger partial charge in [-0.3, -0.25) is 4.57 Å². The van der Waals surface area contributed by atoms with E-state index in [0.29, 0.717) is 12.8 Å². The molecule has 1 fully saturated rings. The van der Waals surface area contributed by atoms with Gasteiger partial charge in [0.1, 0.15) is 18.6 Å². The Bertz CT molecular complexity index is 445. The largest absolute Gasteiger partial charge is 0.383 e. The highest BCUT2D eigenvalue weighted by molar-refractivity contribution is 5.23. The van der Waals surface area contributed by atoms with Gasteiger partial charge in [-0.1, -0.05) is 5.18 Å². The summed E-state index contributed by atoms with van der Waals surface area (Å²) in [6, 6.07) is 1.54. The monoisotopic (exact) mass is 224 g/mol. The van der Waals surface area contributed by atoms with E-state index < -0.39 is 5.69 Å². The minimum absolute atomic E-state index is 0.119. The van der Waals surface area contributed by atoms with E-state index in [0.717, 1.165) is 0 Å². The summed E-state index contributed by atoms with van der Waals surface area (Å²) >= 11 is 0. The summed E-state index contributed by atoms with van der Waals surface area (Å²) in [5, 5.41) is 2.78. The number of rotatable bonds is 3. The Hall–Kier alpha value is -1.76. The molecule has 16 heavy (non-hydrogen) atoms. The Balaban J connectivity index is 2.14. The van der Waals surface area contributed by atoms with Crippen LogP contribution in [-0.4, -0.2) is 22.2 Å². The van der Waals surface area contributed by atoms with Gasteiger partial charge in [0.2, 0.25) is 0 Å². The van der Waals surface area contributed by atoms with Crippen molar-refractivity contribution in [3.05, 3.63) is 27.7 Å². The van der Waals surface area contributed by atoms with Crippen LogP contribution < -0.4 is 11.4 Å². The van der Waals surface area contributed by atoms with E-state index in [2.05, 4.69) is 10.2 Å². The molecule has 0 aliphatic carbocycles. The predicted octanol–water partition coefficient (Wildman–Crippen LogP) is 0.269. The lowest BCUT2D eigenvalue weighted by Gasteiger charge is -2.13. The van der Waals surface area contributed by atoms with Crippen LogP contribution in [-0.2, 0) is 4.74 Å². The first kappa shape index (κ1) is 10.7. The first-order valence-electron chi connectivity index (χ1n) is 5.00. The van der Waals surface area contributed by atoms with Crippen LogP contribution in [0.1, 0.15) is 19.1 Å². The van der Waals surface area contributed by atoms with E-state index in [-0.39, 0.29) is 24.7 Å². The summed E-state index contributed by atoms with van der Waals surface area (Å²) < 4.78 is 6.87. The molecule has 1 saturated heterocycles. The Morgan fingerprint density at radius 3 is 3.12 bits per heavy atom. The van der Waals surface area contributed by atoms with E-state index in [1.54, 1.807) is 6.20 Å². The molecule has 0 radical (unpaired) electrons. The number of nitroso groups, excluding NO2 is 1. The maximum atomic E-state index is 11.5. The summed E-state index contributed by atoms with van der Waals surface area (Å²) in [4.78, 5) is 25.2. The Morgan fingerprint density at radius 2 is 2.44 bits per heavy atom. The van der Waals surface area contributed by atoms with Crippen LogP contribution in [0, 0.1) is 4.91 Å². The summed E-state index contributed by atoms with van der Waals surface area (Å²) in [6.07, 6.45) is 2.37. The fourth-order valence-electron chi connectivity index (χ4n) is 1.75. The lowest BCUT2D eigenvalue weighted by molar-refractivity contribution is 0.00382. The second-order valence-electron chi connectivity index (χ2n) is 3.64. The van der Waals surface area contributed by atoms with Crippen LogP contribution in [0.3, 0.4) is 0 Å². The molecule has 2 heterocycles. The van der Waals surface area contributed by atoms with Gasteiger partial charge in [0.05, 0.1) is 6.10 Å². The van der Waals surface area contributed by atoms with Crippen molar-refractivity contribution in [1.82, 2.24) is 9.55 Å². The number of nitrogens with zero attached hydrogens (tertiary/aromatic N) is 3. The molecule has 1 aromatic heterocycles. The smallest absolute Gasteiger partial charge is 0.351 e. The molecule has 2 unspecified atom stereocenters. The fourth-order valence-corrected chi connectivity index (χ4v) is 1.75. The number of ether oxygens (including phenoxy) is 1. The summed E-state index contributed by atoms with van der Waals surface area (Å²) in [6.45, 7) is 0.119. The van der Waals surface area contributed by atoms with Crippen molar-refractivity contribution < 1.29 is 4.74 Å². The highest BCUT2D eigenvalue weighted by atomic mass is 16.5. The van der Waals surface area contributed by atoms with E-state index in [1.807, 2.05) is 0 Å². The van der Waals surface area contributed by atoms with Gasteiger partial charge >= 0.3 is 5.69 Å². The molecular formula is C9H12N4O3. The van der Waals surface area contributed by atoms with E-state index >= 15 is 0 Å². The summed E-state index contributed by atoms with van der Waals surface area (Å²) in [7, 11) is 0. The van der Waals surface area contributed by atoms with E-state index in [1.165, 1.54) is 10.6 Å². The Morgan fingerprint density at radius 1 is 1.62 bits per heavy atom. The summed E-state index contributed by atoms with van der Waals surface area (Å²) in [5.74, 6) is 0.186. The number of nitrogens with two attached hydrogens (primary N) is 1. The van der Waals surface area contributed by atoms with Crippen molar-refractivity contribution in [3.63, 3.8) is 0 Å². The molecule has 0 aromatic carbocycles. The maximum absolute atomic E-state index is 11.5. The molecule has 1 aliphatic rings. The van der Waals surface area contributed by atoms with Gasteiger partial charge in [0.15, 0.2) is 0 Å². The SMILES string of the molecule is Nc1ccn(C2CCC(CN=O)O2)c(=O)n1. The van der Waals surface area contributed by atoms with E-state index in [4.69, 9.17) is 10.5 Å². The van der Waals surface area contributed by atoms with Gasteiger partial charge < -0.3 is 10.5 Å². The van der Waals surface area contributed by atoms with Crippen molar-refractivity contribution in [2.45, 2.75) is 25.2 Å². The van der Waals surface area contributed by atoms with Crippen molar-refractivity contribution in [3.8, 4) is 0 Å². The van der Waals surface area contributed by atoms with Crippen LogP contribution in [0.2, 0.25) is 0 Å².